The third kappa shape index (κ3) is 16.7. The standard InChI is InChI=1S/C36H59N5O12.Fe/c1-24(22-30(43)37-26-15-10-13-21-41(51)35(26)48)53-36(49)27(38-33(47)28-23-52-34(39-28)25-14-8-9-17-29(25)42)16-11-12-20-40(50)31(44)18-6-4-2-3-5-7-19-32(45)46;/h6,18,24,26-28,30-31,37,39,43-44,50-51H,2-5,7-17,19-23H2,1H3,(H,38,47)(H,45,46);/b18-6?,34-25+;. The fourth-order valence-electron chi connectivity index (χ4n) is 6.45. The van der Waals surface area contributed by atoms with E-state index in [1.807, 2.05) is 0 Å². The van der Waals surface area contributed by atoms with Crippen LogP contribution < -0.4 is 16.0 Å². The maximum Gasteiger partial charge on any atom is 0.328 e. The molecule has 2 saturated heterocycles. The van der Waals surface area contributed by atoms with Crippen LogP contribution in [0.1, 0.15) is 116 Å². The van der Waals surface area contributed by atoms with Gasteiger partial charge < -0.3 is 40.6 Å². The second-order valence-corrected chi connectivity index (χ2v) is 14.0. The molecule has 1 aliphatic carbocycles. The quantitative estimate of drug-likeness (QED) is 0.0114. The maximum absolute atomic E-state index is 13.4. The number of carbonyl (C=O) groups excluding carboxylic acids is 4. The van der Waals surface area contributed by atoms with Crippen LogP contribution in [0.15, 0.2) is 23.6 Å². The van der Waals surface area contributed by atoms with Crippen molar-refractivity contribution in [2.45, 2.75) is 153 Å². The van der Waals surface area contributed by atoms with Crippen molar-refractivity contribution in [2.24, 2.45) is 0 Å². The largest absolute Gasteiger partial charge is 0.481 e. The van der Waals surface area contributed by atoms with E-state index in [9.17, 15) is 44.6 Å². The molecule has 3 aliphatic rings. The zero-order chi connectivity index (χ0) is 38.8. The van der Waals surface area contributed by atoms with Crippen molar-refractivity contribution in [1.82, 2.24) is 26.1 Å². The van der Waals surface area contributed by atoms with Gasteiger partial charge in [0, 0.05) is 49.4 Å². The van der Waals surface area contributed by atoms with E-state index in [1.54, 1.807) is 13.0 Å². The molecule has 17 nitrogen and oxygen atoms in total. The van der Waals surface area contributed by atoms with Crippen LogP contribution in [0.5, 0.6) is 0 Å². The molecule has 1 saturated carbocycles. The fraction of sp³-hybridized carbons (Fsp3) is 0.750. The first-order valence-corrected chi connectivity index (χ1v) is 19.0. The average Bonchev–Trinajstić information content (AvgIpc) is 3.55. The molecular weight excluding hydrogens is 750 g/mol. The van der Waals surface area contributed by atoms with Gasteiger partial charge in [-0.15, -0.1) is 0 Å². The monoisotopic (exact) mass is 809 g/mol. The molecule has 3 rings (SSSR count). The number of carbonyl (C=O) groups is 5. The molecule has 18 heteroatoms. The molecule has 0 aromatic heterocycles. The van der Waals surface area contributed by atoms with Crippen LogP contribution in [0.2, 0.25) is 0 Å². The van der Waals surface area contributed by atoms with E-state index in [-0.39, 0.29) is 67.7 Å². The number of unbranched alkanes of at least 4 members (excludes halogenated alkanes) is 5. The summed E-state index contributed by atoms with van der Waals surface area (Å²) in [7, 11) is 0. The number of hydroxylamine groups is 4. The third-order valence-electron chi connectivity index (χ3n) is 9.49. The molecule has 54 heavy (non-hydrogen) atoms. The van der Waals surface area contributed by atoms with Gasteiger partial charge in [0.05, 0.1) is 11.6 Å². The SMILES string of the molecule is CC(CC(O)NC1CCCCN(O)C1=O)OC(=O)C(CCCCN(O)C(O)C=CCCCCCCC(=O)O)NC(=O)C1CO/C(=C2\CCCCC2=O)N1.[Fe]. The van der Waals surface area contributed by atoms with Crippen LogP contribution in [0.25, 0.3) is 0 Å². The summed E-state index contributed by atoms with van der Waals surface area (Å²) in [6, 6.07) is -2.75. The van der Waals surface area contributed by atoms with Crippen molar-refractivity contribution < 1.29 is 76.2 Å². The molecule has 308 valence electrons. The molecule has 6 unspecified atom stereocenters. The zero-order valence-electron chi connectivity index (χ0n) is 31.1. The molecule has 0 bridgehead atoms. The summed E-state index contributed by atoms with van der Waals surface area (Å²) in [5, 5.41) is 59.7. The number of nitrogens with zero attached hydrogens (tertiary/aromatic N) is 2. The number of aliphatic carboxylic acids is 1. The predicted molar refractivity (Wildman–Crippen MR) is 189 cm³/mol. The second kappa shape index (κ2) is 25.1. The zero-order valence-corrected chi connectivity index (χ0v) is 32.2. The number of carboxylic acids is 1. The van der Waals surface area contributed by atoms with E-state index in [0.717, 1.165) is 37.2 Å². The molecule has 2 heterocycles. The summed E-state index contributed by atoms with van der Waals surface area (Å²) in [6.45, 7) is 1.81. The van der Waals surface area contributed by atoms with Crippen molar-refractivity contribution >= 4 is 29.5 Å². The van der Waals surface area contributed by atoms with Crippen LogP contribution in [-0.2, 0) is 50.5 Å². The van der Waals surface area contributed by atoms with E-state index in [2.05, 4.69) is 16.0 Å². The number of hydrogen-bond donors (Lipinski definition) is 8. The molecule has 2 amide bonds. The van der Waals surface area contributed by atoms with Crippen molar-refractivity contribution in [2.75, 3.05) is 19.7 Å². The first-order valence-electron chi connectivity index (χ1n) is 19.0. The van der Waals surface area contributed by atoms with E-state index in [1.165, 1.54) is 6.08 Å². The van der Waals surface area contributed by atoms with Crippen LogP contribution >= 0.6 is 0 Å². The Bertz CT molecular complexity index is 1290. The van der Waals surface area contributed by atoms with Crippen LogP contribution in [0, 0.1) is 0 Å². The second-order valence-electron chi connectivity index (χ2n) is 14.0. The Labute approximate surface area is 327 Å². The molecule has 0 radical (unpaired) electrons. The minimum Gasteiger partial charge on any atom is -0.481 e. The van der Waals surface area contributed by atoms with Crippen LogP contribution in [0.3, 0.4) is 0 Å². The smallest absolute Gasteiger partial charge is 0.328 e. The molecule has 6 atom stereocenters. The molecule has 2 aliphatic heterocycles. The van der Waals surface area contributed by atoms with Gasteiger partial charge in [-0.3, -0.25) is 29.7 Å². The van der Waals surface area contributed by atoms with Gasteiger partial charge in [0.25, 0.3) is 5.91 Å². The number of ether oxygens (including phenoxy) is 2. The Morgan fingerprint density at radius 3 is 2.54 bits per heavy atom. The summed E-state index contributed by atoms with van der Waals surface area (Å²) in [6.07, 6.45) is 8.98. The fourth-order valence-corrected chi connectivity index (χ4v) is 6.45. The Kier molecular flexibility index (Phi) is 21.9. The number of carboxylic acid groups (broad SMARTS) is 1. The van der Waals surface area contributed by atoms with Crippen molar-refractivity contribution in [3.05, 3.63) is 23.6 Å². The van der Waals surface area contributed by atoms with E-state index < -0.39 is 60.4 Å². The number of hydrogen-bond acceptors (Lipinski definition) is 14. The first kappa shape index (κ1) is 47.1. The number of nitrogens with one attached hydrogen (secondary N) is 3. The molecule has 0 spiro atoms. The summed E-state index contributed by atoms with van der Waals surface area (Å²) in [5.41, 5.74) is 0.527. The number of allylic oxidation sites excluding steroid dienone is 2. The molecule has 3 fully saturated rings. The Balaban J connectivity index is 0.0000101. The topological polar surface area (TPSA) is 248 Å². The maximum atomic E-state index is 13.4. The summed E-state index contributed by atoms with van der Waals surface area (Å²) < 4.78 is 11.3. The number of amides is 2. The van der Waals surface area contributed by atoms with Gasteiger partial charge in [0.15, 0.2) is 11.7 Å². The Morgan fingerprint density at radius 2 is 1.80 bits per heavy atom. The average molecular weight is 810 g/mol. The van der Waals surface area contributed by atoms with E-state index in [0.29, 0.717) is 68.4 Å². The normalized spacial score (nSPS) is 22.8. The summed E-state index contributed by atoms with van der Waals surface area (Å²) in [4.78, 5) is 62.1. The van der Waals surface area contributed by atoms with Crippen molar-refractivity contribution in [3.63, 3.8) is 0 Å². The van der Waals surface area contributed by atoms with Crippen molar-refractivity contribution in [3.8, 4) is 0 Å². The molecule has 0 aromatic carbocycles. The van der Waals surface area contributed by atoms with Gasteiger partial charge in [-0.1, -0.05) is 18.9 Å². The predicted octanol–water partition coefficient (Wildman–Crippen LogP) is 1.97. The number of aliphatic hydroxyl groups is 2. The minimum atomic E-state index is -1.25. The number of Topliss-reactive ketones (excluding diaryl/α,β-unsaturated/α-hetero) is 1. The Morgan fingerprint density at radius 1 is 1.06 bits per heavy atom. The first-order chi connectivity index (χ1) is 25.3. The summed E-state index contributed by atoms with van der Waals surface area (Å²) in [5.74, 6) is -2.38. The molecular formula is C36H59FeN5O12. The third-order valence-corrected chi connectivity index (χ3v) is 9.49. The number of esters is 1. The van der Waals surface area contributed by atoms with E-state index >= 15 is 0 Å². The van der Waals surface area contributed by atoms with Gasteiger partial charge in [-0.25, -0.2) is 9.86 Å². The van der Waals surface area contributed by atoms with Gasteiger partial charge in [-0.2, -0.15) is 5.06 Å². The summed E-state index contributed by atoms with van der Waals surface area (Å²) >= 11 is 0. The van der Waals surface area contributed by atoms with E-state index in [4.69, 9.17) is 14.6 Å². The number of ketones is 1. The van der Waals surface area contributed by atoms with Gasteiger partial charge in [0.2, 0.25) is 5.91 Å². The number of aliphatic hydroxyl groups excluding tert-OH is 2. The van der Waals surface area contributed by atoms with Gasteiger partial charge >= 0.3 is 11.9 Å². The van der Waals surface area contributed by atoms with Gasteiger partial charge in [0.1, 0.15) is 37.3 Å². The molecule has 0 aromatic rings. The van der Waals surface area contributed by atoms with Gasteiger partial charge in [-0.05, 0) is 90.0 Å². The molecule has 8 N–H and O–H groups in total. The Hall–Kier alpha value is -3.09. The van der Waals surface area contributed by atoms with Crippen LogP contribution in [0.4, 0.5) is 0 Å². The minimum absolute atomic E-state index is 0. The number of rotatable bonds is 22. The van der Waals surface area contributed by atoms with Crippen molar-refractivity contribution in [1.29, 1.82) is 0 Å². The van der Waals surface area contributed by atoms with Crippen LogP contribution in [-0.4, -0.2) is 122 Å².